The first-order chi connectivity index (χ1) is 8.15. The van der Waals surface area contributed by atoms with Gasteiger partial charge in [-0.15, -0.1) is 0 Å². The molecule has 1 aromatic heterocycles. The molecular weight excluding hydrogens is 216 g/mol. The number of hydrogen-bond donors (Lipinski definition) is 1. The minimum Gasteiger partial charge on any atom is -0.469 e. The molecule has 0 aromatic carbocycles. The number of carbonyl (C=O) groups is 1. The maximum atomic E-state index is 11.4. The van der Waals surface area contributed by atoms with Gasteiger partial charge in [0.2, 0.25) is 5.91 Å². The highest BCUT2D eigenvalue weighted by Crippen LogP contribution is 2.11. The van der Waals surface area contributed by atoms with E-state index in [4.69, 9.17) is 4.42 Å². The van der Waals surface area contributed by atoms with Gasteiger partial charge in [0, 0.05) is 38.5 Å². The van der Waals surface area contributed by atoms with Crippen LogP contribution in [0.4, 0.5) is 0 Å². The number of likely N-dealkylation sites (tertiary alicyclic amines) is 1. The largest absolute Gasteiger partial charge is 0.469 e. The molecular formula is C13H20N2O2. The van der Waals surface area contributed by atoms with E-state index < -0.39 is 0 Å². The lowest BCUT2D eigenvalue weighted by atomic mass is 10.0. The van der Waals surface area contributed by atoms with Gasteiger partial charge >= 0.3 is 0 Å². The third-order valence-corrected chi connectivity index (χ3v) is 3.23. The number of hydrogen-bond acceptors (Lipinski definition) is 3. The number of nitrogens with one attached hydrogen (secondary N) is 1. The average molecular weight is 236 g/mol. The highest BCUT2D eigenvalue weighted by Gasteiger charge is 2.23. The lowest BCUT2D eigenvalue weighted by molar-refractivity contribution is -0.132. The molecule has 17 heavy (non-hydrogen) atoms. The molecule has 4 nitrogen and oxygen atoms in total. The molecule has 2 rings (SSSR count). The summed E-state index contributed by atoms with van der Waals surface area (Å²) in [5.41, 5.74) is 0. The smallest absolute Gasteiger partial charge is 0.222 e. The number of rotatable bonds is 4. The molecule has 0 spiro atoms. The SMILES string of the molecule is CC(Cc1ccco1)NC1CCC(=O)N(C)C1. The maximum Gasteiger partial charge on any atom is 0.222 e. The Morgan fingerprint density at radius 2 is 2.47 bits per heavy atom. The molecule has 1 fully saturated rings. The highest BCUT2D eigenvalue weighted by molar-refractivity contribution is 5.76. The minimum absolute atomic E-state index is 0.252. The number of nitrogens with zero attached hydrogens (tertiary/aromatic N) is 1. The Balaban J connectivity index is 1.79. The second kappa shape index (κ2) is 5.36. The van der Waals surface area contributed by atoms with Gasteiger partial charge in [-0.2, -0.15) is 0 Å². The quantitative estimate of drug-likeness (QED) is 0.860. The van der Waals surface area contributed by atoms with Gasteiger partial charge in [0.25, 0.3) is 0 Å². The van der Waals surface area contributed by atoms with Crippen molar-refractivity contribution in [1.82, 2.24) is 10.2 Å². The highest BCUT2D eigenvalue weighted by atomic mass is 16.3. The van der Waals surface area contributed by atoms with Crippen molar-refractivity contribution < 1.29 is 9.21 Å². The summed E-state index contributed by atoms with van der Waals surface area (Å²) in [6, 6.07) is 4.68. The third-order valence-electron chi connectivity index (χ3n) is 3.23. The van der Waals surface area contributed by atoms with E-state index in [9.17, 15) is 4.79 Å². The molecule has 0 saturated carbocycles. The molecule has 2 heterocycles. The van der Waals surface area contributed by atoms with Gasteiger partial charge in [0.1, 0.15) is 5.76 Å². The van der Waals surface area contributed by atoms with Gasteiger partial charge in [0.05, 0.1) is 6.26 Å². The zero-order valence-corrected chi connectivity index (χ0v) is 10.5. The average Bonchev–Trinajstić information content (AvgIpc) is 2.76. The van der Waals surface area contributed by atoms with E-state index in [0.717, 1.165) is 25.1 Å². The lowest BCUT2D eigenvalue weighted by Crippen LogP contribution is -2.49. The maximum absolute atomic E-state index is 11.4. The molecule has 2 atom stereocenters. The number of piperidine rings is 1. The monoisotopic (exact) mass is 236 g/mol. The fourth-order valence-corrected chi connectivity index (χ4v) is 2.34. The van der Waals surface area contributed by atoms with E-state index >= 15 is 0 Å². The summed E-state index contributed by atoms with van der Waals surface area (Å²) in [7, 11) is 1.87. The Hall–Kier alpha value is -1.29. The molecule has 1 aliphatic rings. The number of likely N-dealkylation sites (N-methyl/N-ethyl adjacent to an activating group) is 1. The van der Waals surface area contributed by atoms with Crippen LogP contribution in [-0.4, -0.2) is 36.5 Å². The zero-order chi connectivity index (χ0) is 12.3. The van der Waals surface area contributed by atoms with Crippen molar-refractivity contribution >= 4 is 5.91 Å². The van der Waals surface area contributed by atoms with Crippen molar-refractivity contribution in [2.24, 2.45) is 0 Å². The minimum atomic E-state index is 0.252. The summed E-state index contributed by atoms with van der Waals surface area (Å²) >= 11 is 0. The summed E-state index contributed by atoms with van der Waals surface area (Å²) < 4.78 is 5.33. The summed E-state index contributed by atoms with van der Waals surface area (Å²) in [4.78, 5) is 13.2. The van der Waals surface area contributed by atoms with E-state index in [-0.39, 0.29) is 5.91 Å². The Morgan fingerprint density at radius 3 is 3.12 bits per heavy atom. The third kappa shape index (κ3) is 3.33. The molecule has 2 unspecified atom stereocenters. The summed E-state index contributed by atoms with van der Waals surface area (Å²) in [6.07, 6.45) is 4.18. The van der Waals surface area contributed by atoms with Crippen molar-refractivity contribution in [3.8, 4) is 0 Å². The predicted octanol–water partition coefficient (Wildman–Crippen LogP) is 1.42. The Labute approximate surface area is 102 Å². The van der Waals surface area contributed by atoms with Crippen LogP contribution in [0.5, 0.6) is 0 Å². The lowest BCUT2D eigenvalue weighted by Gasteiger charge is -2.32. The molecule has 1 N–H and O–H groups in total. The molecule has 1 amide bonds. The van der Waals surface area contributed by atoms with Crippen LogP contribution in [0.15, 0.2) is 22.8 Å². The number of carbonyl (C=O) groups excluding carboxylic acids is 1. The summed E-state index contributed by atoms with van der Waals surface area (Å²) in [6.45, 7) is 2.96. The van der Waals surface area contributed by atoms with Crippen LogP contribution in [-0.2, 0) is 11.2 Å². The number of amides is 1. The normalized spacial score (nSPS) is 22.8. The standard InChI is InChI=1S/C13H20N2O2/c1-10(8-12-4-3-7-17-12)14-11-5-6-13(16)15(2)9-11/h3-4,7,10-11,14H,5-6,8-9H2,1-2H3. The van der Waals surface area contributed by atoms with Crippen molar-refractivity contribution in [2.75, 3.05) is 13.6 Å². The van der Waals surface area contributed by atoms with E-state index in [0.29, 0.717) is 18.5 Å². The molecule has 1 aliphatic heterocycles. The van der Waals surface area contributed by atoms with Crippen LogP contribution in [0.25, 0.3) is 0 Å². The molecule has 4 heteroatoms. The predicted molar refractivity (Wildman–Crippen MR) is 65.7 cm³/mol. The van der Waals surface area contributed by atoms with Crippen molar-refractivity contribution in [3.63, 3.8) is 0 Å². The van der Waals surface area contributed by atoms with E-state index in [2.05, 4.69) is 12.2 Å². The second-order valence-corrected chi connectivity index (χ2v) is 4.86. The van der Waals surface area contributed by atoms with Crippen LogP contribution >= 0.6 is 0 Å². The van der Waals surface area contributed by atoms with Gasteiger partial charge in [-0.1, -0.05) is 0 Å². The van der Waals surface area contributed by atoms with Crippen LogP contribution in [0, 0.1) is 0 Å². The van der Waals surface area contributed by atoms with E-state index in [1.54, 1.807) is 11.2 Å². The Bertz CT molecular complexity index is 362. The fraction of sp³-hybridized carbons (Fsp3) is 0.615. The van der Waals surface area contributed by atoms with Gasteiger partial charge < -0.3 is 14.6 Å². The van der Waals surface area contributed by atoms with Gasteiger partial charge in [-0.05, 0) is 25.5 Å². The molecule has 0 radical (unpaired) electrons. The Morgan fingerprint density at radius 1 is 1.65 bits per heavy atom. The second-order valence-electron chi connectivity index (χ2n) is 4.86. The molecule has 0 bridgehead atoms. The summed E-state index contributed by atoms with van der Waals surface area (Å²) in [5, 5.41) is 3.55. The van der Waals surface area contributed by atoms with Crippen LogP contribution in [0.1, 0.15) is 25.5 Å². The molecule has 0 aliphatic carbocycles. The van der Waals surface area contributed by atoms with E-state index in [1.165, 1.54) is 0 Å². The van der Waals surface area contributed by atoms with Gasteiger partial charge in [-0.25, -0.2) is 0 Å². The van der Waals surface area contributed by atoms with Crippen LogP contribution < -0.4 is 5.32 Å². The zero-order valence-electron chi connectivity index (χ0n) is 10.5. The fourth-order valence-electron chi connectivity index (χ4n) is 2.34. The topological polar surface area (TPSA) is 45.5 Å². The number of furan rings is 1. The molecule has 1 aromatic rings. The molecule has 1 saturated heterocycles. The van der Waals surface area contributed by atoms with Crippen LogP contribution in [0.2, 0.25) is 0 Å². The van der Waals surface area contributed by atoms with Gasteiger partial charge in [0.15, 0.2) is 0 Å². The van der Waals surface area contributed by atoms with Crippen molar-refractivity contribution in [3.05, 3.63) is 24.2 Å². The van der Waals surface area contributed by atoms with Crippen LogP contribution in [0.3, 0.4) is 0 Å². The first-order valence-corrected chi connectivity index (χ1v) is 6.17. The van der Waals surface area contributed by atoms with Gasteiger partial charge in [-0.3, -0.25) is 4.79 Å². The first-order valence-electron chi connectivity index (χ1n) is 6.17. The van der Waals surface area contributed by atoms with Crippen molar-refractivity contribution in [2.45, 2.75) is 38.3 Å². The summed E-state index contributed by atoms with van der Waals surface area (Å²) in [5.74, 6) is 1.26. The Kier molecular flexibility index (Phi) is 3.84. The molecule has 94 valence electrons. The van der Waals surface area contributed by atoms with E-state index in [1.807, 2.05) is 19.2 Å². The first kappa shape index (κ1) is 12.2. The van der Waals surface area contributed by atoms with Crippen molar-refractivity contribution in [1.29, 1.82) is 0 Å².